The number of hydrogen-bond acceptors (Lipinski definition) is 0. The zero-order valence-electron chi connectivity index (χ0n) is 10.1. The Kier molecular flexibility index (Phi) is 5.10. The highest BCUT2D eigenvalue weighted by Crippen LogP contribution is 2.23. The molecule has 2 aromatic carbocycles. The van der Waals surface area contributed by atoms with E-state index >= 15 is 0 Å². The molecule has 0 aliphatic rings. The van der Waals surface area contributed by atoms with Crippen molar-refractivity contribution in [2.75, 3.05) is 0 Å². The average molecular weight is 278 g/mol. The fourth-order valence-corrected chi connectivity index (χ4v) is 2.26. The highest BCUT2D eigenvalue weighted by atomic mass is 35.5. The number of aryl methyl sites for hydroxylation is 2. The molecule has 0 atom stereocenters. The number of halogens is 2. The predicted molar refractivity (Wildman–Crippen MR) is 78.4 cm³/mol. The molecular weight excluding hydrogens is 263 g/mol. The molecule has 2 rings (SSSR count). The molecule has 0 aromatic heterocycles. The summed E-state index contributed by atoms with van der Waals surface area (Å²) in [4.78, 5) is 0. The largest absolute Gasteiger partial charge is 0.0827 e. The first-order valence-electron chi connectivity index (χ1n) is 6.14. The Labute approximate surface area is 119 Å². The minimum atomic E-state index is 0.625. The molecule has 0 nitrogen and oxygen atoms in total. The van der Waals surface area contributed by atoms with Gasteiger partial charge in [0.25, 0.3) is 0 Å². The van der Waals surface area contributed by atoms with E-state index in [9.17, 15) is 0 Å². The van der Waals surface area contributed by atoms with Gasteiger partial charge in [-0.25, -0.2) is 0 Å². The molecule has 0 amide bonds. The van der Waals surface area contributed by atoms with Crippen LogP contribution in [0, 0.1) is 6.07 Å². The van der Waals surface area contributed by atoms with Crippen molar-refractivity contribution < 1.29 is 0 Å². The van der Waals surface area contributed by atoms with Gasteiger partial charge in [-0.3, -0.25) is 0 Å². The van der Waals surface area contributed by atoms with Crippen molar-refractivity contribution in [1.82, 2.24) is 0 Å². The summed E-state index contributed by atoms with van der Waals surface area (Å²) in [7, 11) is 0. The Bertz CT molecular complexity index is 492. The van der Waals surface area contributed by atoms with Gasteiger partial charge in [-0.1, -0.05) is 53.5 Å². The van der Waals surface area contributed by atoms with E-state index in [2.05, 4.69) is 18.2 Å². The van der Waals surface area contributed by atoms with E-state index in [1.165, 1.54) is 17.5 Å². The van der Waals surface area contributed by atoms with E-state index in [1.807, 2.05) is 30.3 Å². The molecule has 0 unspecified atom stereocenters. The quantitative estimate of drug-likeness (QED) is 0.646. The second kappa shape index (κ2) is 6.82. The van der Waals surface area contributed by atoms with Gasteiger partial charge in [0.2, 0.25) is 0 Å². The third-order valence-corrected chi connectivity index (χ3v) is 3.68. The van der Waals surface area contributed by atoms with Crippen LogP contribution in [0.25, 0.3) is 0 Å². The number of unbranched alkanes of at least 4 members (excludes halogenated alkanes) is 1. The highest BCUT2D eigenvalue weighted by molar-refractivity contribution is 6.42. The maximum Gasteiger partial charge on any atom is 0.0595 e. The monoisotopic (exact) mass is 277 g/mol. The minimum absolute atomic E-state index is 0.625. The van der Waals surface area contributed by atoms with Crippen LogP contribution in [-0.4, -0.2) is 0 Å². The van der Waals surface area contributed by atoms with Crippen molar-refractivity contribution in [2.24, 2.45) is 0 Å². The van der Waals surface area contributed by atoms with E-state index in [1.54, 1.807) is 0 Å². The van der Waals surface area contributed by atoms with Crippen LogP contribution in [0.5, 0.6) is 0 Å². The molecule has 0 bridgehead atoms. The Balaban J connectivity index is 1.77. The first-order valence-corrected chi connectivity index (χ1v) is 6.90. The molecule has 0 aliphatic heterocycles. The molecule has 0 fully saturated rings. The predicted octanol–water partition coefficient (Wildman–Crippen LogP) is 5.36. The van der Waals surface area contributed by atoms with Gasteiger partial charge >= 0.3 is 0 Å². The first-order chi connectivity index (χ1) is 8.75. The van der Waals surface area contributed by atoms with Gasteiger partial charge < -0.3 is 0 Å². The Hall–Kier alpha value is -0.980. The van der Waals surface area contributed by atoms with Crippen molar-refractivity contribution in [1.29, 1.82) is 0 Å². The van der Waals surface area contributed by atoms with E-state index < -0.39 is 0 Å². The molecular formula is C16H15Cl2. The summed E-state index contributed by atoms with van der Waals surface area (Å²) in [6, 6.07) is 17.1. The van der Waals surface area contributed by atoms with Gasteiger partial charge in [0, 0.05) is 0 Å². The van der Waals surface area contributed by atoms with Crippen molar-refractivity contribution in [3.8, 4) is 0 Å². The van der Waals surface area contributed by atoms with Crippen LogP contribution in [0.2, 0.25) is 10.0 Å². The molecule has 93 valence electrons. The molecule has 0 saturated heterocycles. The van der Waals surface area contributed by atoms with E-state index in [4.69, 9.17) is 23.2 Å². The second-order valence-electron chi connectivity index (χ2n) is 4.37. The third-order valence-electron chi connectivity index (χ3n) is 2.94. The first kappa shape index (κ1) is 13.5. The topological polar surface area (TPSA) is 0 Å². The van der Waals surface area contributed by atoms with Crippen LogP contribution >= 0.6 is 23.2 Å². The maximum absolute atomic E-state index is 5.99. The highest BCUT2D eigenvalue weighted by Gasteiger charge is 2.00. The Morgan fingerprint density at radius 1 is 0.889 bits per heavy atom. The molecule has 0 saturated carbocycles. The Morgan fingerprint density at radius 2 is 1.67 bits per heavy atom. The minimum Gasteiger partial charge on any atom is -0.0827 e. The zero-order chi connectivity index (χ0) is 12.8. The summed E-state index contributed by atoms with van der Waals surface area (Å²) in [6.45, 7) is 0. The lowest BCUT2D eigenvalue weighted by molar-refractivity contribution is 0.734. The summed E-state index contributed by atoms with van der Waals surface area (Å²) in [5.74, 6) is 0. The van der Waals surface area contributed by atoms with Gasteiger partial charge in [0.05, 0.1) is 10.0 Å². The van der Waals surface area contributed by atoms with Crippen LogP contribution in [-0.2, 0) is 12.8 Å². The van der Waals surface area contributed by atoms with Crippen LogP contribution in [0.3, 0.4) is 0 Å². The van der Waals surface area contributed by atoms with Crippen molar-refractivity contribution >= 4 is 23.2 Å². The number of benzene rings is 2. The van der Waals surface area contributed by atoms with E-state index in [0.717, 1.165) is 19.3 Å². The lowest BCUT2D eigenvalue weighted by Crippen LogP contribution is -1.89. The van der Waals surface area contributed by atoms with Crippen LogP contribution in [0.1, 0.15) is 24.0 Å². The number of rotatable bonds is 5. The molecule has 0 heterocycles. The van der Waals surface area contributed by atoms with Crippen molar-refractivity contribution in [2.45, 2.75) is 25.7 Å². The van der Waals surface area contributed by atoms with Gasteiger partial charge in [-0.05, 0) is 55.0 Å². The average Bonchev–Trinajstić information content (AvgIpc) is 2.40. The smallest absolute Gasteiger partial charge is 0.0595 e. The molecule has 0 aliphatic carbocycles. The summed E-state index contributed by atoms with van der Waals surface area (Å²) in [5, 5.41) is 1.27. The lowest BCUT2D eigenvalue weighted by atomic mass is 10.0. The van der Waals surface area contributed by atoms with Crippen LogP contribution in [0.4, 0.5) is 0 Å². The second-order valence-corrected chi connectivity index (χ2v) is 5.18. The molecule has 2 heteroatoms. The van der Waals surface area contributed by atoms with E-state index in [-0.39, 0.29) is 0 Å². The summed E-state index contributed by atoms with van der Waals surface area (Å²) in [5.41, 5.74) is 2.61. The standard InChI is InChI=1S/C16H15Cl2/c17-15-11-10-14(12-16(15)18)9-5-4-8-13-6-2-1-3-7-13/h1-2,6-7,10-12H,4-5,8-9H2. The molecule has 2 aromatic rings. The lowest BCUT2D eigenvalue weighted by Gasteiger charge is -2.04. The van der Waals surface area contributed by atoms with Gasteiger partial charge in [0.15, 0.2) is 0 Å². The van der Waals surface area contributed by atoms with E-state index in [0.29, 0.717) is 10.0 Å². The molecule has 0 N–H and O–H groups in total. The maximum atomic E-state index is 5.99. The van der Waals surface area contributed by atoms with Crippen LogP contribution in [0.15, 0.2) is 42.5 Å². The fourth-order valence-electron chi connectivity index (χ4n) is 1.94. The Morgan fingerprint density at radius 3 is 2.33 bits per heavy atom. The SMILES string of the molecule is Clc1ccc(CCCCc2c[c]ccc2)cc1Cl. The summed E-state index contributed by atoms with van der Waals surface area (Å²) >= 11 is 11.9. The zero-order valence-corrected chi connectivity index (χ0v) is 11.6. The van der Waals surface area contributed by atoms with Gasteiger partial charge in [-0.15, -0.1) is 0 Å². The fraction of sp³-hybridized carbons (Fsp3) is 0.250. The summed E-state index contributed by atoms with van der Waals surface area (Å²) in [6.07, 6.45) is 4.50. The molecule has 0 spiro atoms. The van der Waals surface area contributed by atoms with Crippen LogP contribution < -0.4 is 0 Å². The number of hydrogen-bond donors (Lipinski definition) is 0. The summed E-state index contributed by atoms with van der Waals surface area (Å²) < 4.78 is 0. The molecule has 18 heavy (non-hydrogen) atoms. The van der Waals surface area contributed by atoms with Crippen molar-refractivity contribution in [3.63, 3.8) is 0 Å². The van der Waals surface area contributed by atoms with Gasteiger partial charge in [0.1, 0.15) is 0 Å². The van der Waals surface area contributed by atoms with Gasteiger partial charge in [-0.2, -0.15) is 0 Å². The molecule has 1 radical (unpaired) electrons. The van der Waals surface area contributed by atoms with Crippen molar-refractivity contribution in [3.05, 3.63) is 69.7 Å². The third kappa shape index (κ3) is 4.04. The normalized spacial score (nSPS) is 10.6.